The lowest BCUT2D eigenvalue weighted by atomic mass is 10.2. The minimum atomic E-state index is -4.47. The van der Waals surface area contributed by atoms with Gasteiger partial charge < -0.3 is 9.47 Å². The Morgan fingerprint density at radius 1 is 1.36 bits per heavy atom. The number of carbonyl (C=O) groups excluding carboxylic acids is 2. The fraction of sp³-hybridized carbons (Fsp3) is 0.278. The van der Waals surface area contributed by atoms with Crippen LogP contribution < -0.4 is 0 Å². The molecule has 0 radical (unpaired) electrons. The molecule has 0 bridgehead atoms. The second kappa shape index (κ2) is 6.62. The number of cyclic esters (lactones) is 1. The molecule has 4 rings (SSSR count). The molecule has 0 saturated carbocycles. The predicted octanol–water partition coefficient (Wildman–Crippen LogP) is 3.89. The number of halogens is 3. The number of carbonyl (C=O) groups is 2. The number of hydrogen-bond acceptors (Lipinski definition) is 6. The molecular weight excluding hydrogens is 397 g/mol. The first-order valence-electron chi connectivity index (χ1n) is 8.28. The monoisotopic (exact) mass is 410 g/mol. The highest BCUT2D eigenvalue weighted by molar-refractivity contribution is 7.20. The fourth-order valence-corrected chi connectivity index (χ4v) is 3.97. The van der Waals surface area contributed by atoms with Crippen LogP contribution in [0, 0.1) is 6.92 Å². The summed E-state index contributed by atoms with van der Waals surface area (Å²) in [6.07, 6.45) is -5.11. The molecule has 0 spiro atoms. The van der Waals surface area contributed by atoms with E-state index in [1.165, 1.54) is 16.8 Å². The van der Waals surface area contributed by atoms with Crippen molar-refractivity contribution in [3.8, 4) is 5.69 Å². The molecule has 1 fully saturated rings. The summed E-state index contributed by atoms with van der Waals surface area (Å²) in [4.78, 5) is 24.6. The molecule has 146 valence electrons. The number of fused-ring (bicyclic) bond motifs is 1. The van der Waals surface area contributed by atoms with E-state index in [1.54, 1.807) is 13.0 Å². The Labute approximate surface area is 160 Å². The largest absolute Gasteiger partial charge is 0.463 e. The smallest absolute Gasteiger partial charge is 0.416 e. The van der Waals surface area contributed by atoms with Crippen LogP contribution in [0.15, 0.2) is 30.3 Å². The van der Waals surface area contributed by atoms with Crippen molar-refractivity contribution in [2.75, 3.05) is 6.61 Å². The Bertz CT molecular complexity index is 1090. The summed E-state index contributed by atoms with van der Waals surface area (Å²) in [6, 6.07) is 6.35. The van der Waals surface area contributed by atoms with Crippen LogP contribution in [0.5, 0.6) is 0 Å². The van der Waals surface area contributed by atoms with Gasteiger partial charge in [0.2, 0.25) is 6.10 Å². The molecule has 1 aliphatic heterocycles. The average molecular weight is 410 g/mol. The van der Waals surface area contributed by atoms with Gasteiger partial charge in [-0.15, -0.1) is 11.3 Å². The number of rotatable bonds is 3. The number of ether oxygens (including phenoxy) is 2. The quantitative estimate of drug-likeness (QED) is 0.613. The molecule has 3 aromatic rings. The van der Waals surface area contributed by atoms with E-state index in [0.717, 1.165) is 23.5 Å². The first kappa shape index (κ1) is 18.5. The van der Waals surface area contributed by atoms with Gasteiger partial charge in [0.15, 0.2) is 0 Å². The number of thiophene rings is 1. The van der Waals surface area contributed by atoms with E-state index in [-0.39, 0.29) is 17.2 Å². The summed E-state index contributed by atoms with van der Waals surface area (Å²) < 4.78 is 50.3. The lowest BCUT2D eigenvalue weighted by molar-refractivity contribution is -0.145. The van der Waals surface area contributed by atoms with Gasteiger partial charge in [0.05, 0.1) is 23.6 Å². The van der Waals surface area contributed by atoms with Crippen LogP contribution in [0.25, 0.3) is 15.9 Å². The van der Waals surface area contributed by atoms with Gasteiger partial charge >= 0.3 is 18.1 Å². The third-order valence-corrected chi connectivity index (χ3v) is 5.39. The van der Waals surface area contributed by atoms with Crippen molar-refractivity contribution in [1.29, 1.82) is 0 Å². The molecule has 6 nitrogen and oxygen atoms in total. The van der Waals surface area contributed by atoms with Gasteiger partial charge in [0.25, 0.3) is 0 Å². The summed E-state index contributed by atoms with van der Waals surface area (Å²) in [5.74, 6) is -1.26. The van der Waals surface area contributed by atoms with Crippen molar-refractivity contribution < 1.29 is 32.2 Å². The van der Waals surface area contributed by atoms with E-state index in [0.29, 0.717) is 22.3 Å². The Balaban J connectivity index is 1.70. The fourth-order valence-electron chi connectivity index (χ4n) is 2.91. The van der Waals surface area contributed by atoms with Crippen molar-refractivity contribution >= 4 is 33.5 Å². The number of esters is 2. The molecule has 0 N–H and O–H groups in total. The number of hydrogen-bond donors (Lipinski definition) is 0. The first-order valence-corrected chi connectivity index (χ1v) is 9.10. The second-order valence-electron chi connectivity index (χ2n) is 6.22. The Hall–Kier alpha value is -2.88. The van der Waals surface area contributed by atoms with Crippen molar-refractivity contribution in [3.05, 3.63) is 46.5 Å². The zero-order valence-corrected chi connectivity index (χ0v) is 15.3. The summed E-state index contributed by atoms with van der Waals surface area (Å²) in [7, 11) is 0. The standard InChI is InChI=1S/C18H13F3N2O4S/c1-9-12-8-14(17(25)27-13-5-6-26-16(13)24)28-15(12)23(22-9)11-4-2-3-10(7-11)18(19,20)21/h2-4,7-8,13H,5-6H2,1H3/t13-/m1/s1. The second-order valence-corrected chi connectivity index (χ2v) is 7.26. The summed E-state index contributed by atoms with van der Waals surface area (Å²) >= 11 is 1.04. The van der Waals surface area contributed by atoms with Crippen LogP contribution >= 0.6 is 11.3 Å². The van der Waals surface area contributed by atoms with Crippen molar-refractivity contribution in [3.63, 3.8) is 0 Å². The zero-order valence-electron chi connectivity index (χ0n) is 14.4. The van der Waals surface area contributed by atoms with Gasteiger partial charge in [-0.3, -0.25) is 0 Å². The normalized spacial score (nSPS) is 17.1. The number of alkyl halides is 3. The SMILES string of the molecule is Cc1nn(-c2cccc(C(F)(F)F)c2)c2sc(C(=O)O[C@@H]3CCOC3=O)cc12. The summed E-state index contributed by atoms with van der Waals surface area (Å²) in [5, 5.41) is 4.92. The predicted molar refractivity (Wildman–Crippen MR) is 93.5 cm³/mol. The molecule has 1 saturated heterocycles. The van der Waals surface area contributed by atoms with Crippen LogP contribution in [-0.2, 0) is 20.4 Å². The van der Waals surface area contributed by atoms with E-state index in [4.69, 9.17) is 9.47 Å². The molecule has 0 aliphatic carbocycles. The zero-order chi connectivity index (χ0) is 20.1. The maximum atomic E-state index is 13.0. The van der Waals surface area contributed by atoms with E-state index in [2.05, 4.69) is 5.10 Å². The van der Waals surface area contributed by atoms with Crippen molar-refractivity contribution in [1.82, 2.24) is 9.78 Å². The molecule has 28 heavy (non-hydrogen) atoms. The van der Waals surface area contributed by atoms with E-state index < -0.39 is 29.8 Å². The Kier molecular flexibility index (Phi) is 4.37. The van der Waals surface area contributed by atoms with Gasteiger partial charge in [-0.05, 0) is 31.2 Å². The first-order chi connectivity index (χ1) is 13.2. The van der Waals surface area contributed by atoms with Gasteiger partial charge in [0, 0.05) is 11.8 Å². The minimum absolute atomic E-state index is 0.201. The van der Waals surface area contributed by atoms with Gasteiger partial charge in [-0.2, -0.15) is 18.3 Å². The van der Waals surface area contributed by atoms with E-state index >= 15 is 0 Å². The van der Waals surface area contributed by atoms with Gasteiger partial charge in [-0.25, -0.2) is 14.3 Å². The lowest BCUT2D eigenvalue weighted by Crippen LogP contribution is -2.22. The molecular formula is C18H13F3N2O4S. The molecule has 2 aromatic heterocycles. The number of benzene rings is 1. The maximum Gasteiger partial charge on any atom is 0.416 e. The van der Waals surface area contributed by atoms with Gasteiger partial charge in [0.1, 0.15) is 9.71 Å². The maximum absolute atomic E-state index is 13.0. The van der Waals surface area contributed by atoms with Crippen LogP contribution in [0.3, 0.4) is 0 Å². The summed E-state index contributed by atoms with van der Waals surface area (Å²) in [5.41, 5.74) is -0.000658. The van der Waals surface area contributed by atoms with Gasteiger partial charge in [-0.1, -0.05) is 6.07 Å². The minimum Gasteiger partial charge on any atom is -0.463 e. The third kappa shape index (κ3) is 3.24. The summed E-state index contributed by atoms with van der Waals surface area (Å²) in [6.45, 7) is 1.90. The van der Waals surface area contributed by atoms with E-state index in [9.17, 15) is 22.8 Å². The number of nitrogens with zero attached hydrogens (tertiary/aromatic N) is 2. The van der Waals surface area contributed by atoms with Crippen molar-refractivity contribution in [2.45, 2.75) is 25.6 Å². The highest BCUT2D eigenvalue weighted by Gasteiger charge is 2.32. The Morgan fingerprint density at radius 2 is 2.14 bits per heavy atom. The highest BCUT2D eigenvalue weighted by atomic mass is 32.1. The molecule has 1 aromatic carbocycles. The van der Waals surface area contributed by atoms with Crippen LogP contribution in [0.4, 0.5) is 13.2 Å². The molecule has 10 heteroatoms. The van der Waals surface area contributed by atoms with Crippen molar-refractivity contribution in [2.24, 2.45) is 0 Å². The number of aromatic nitrogens is 2. The number of aryl methyl sites for hydroxylation is 1. The van der Waals surface area contributed by atoms with Crippen LogP contribution in [-0.4, -0.2) is 34.4 Å². The molecule has 3 heterocycles. The Morgan fingerprint density at radius 3 is 2.82 bits per heavy atom. The van der Waals surface area contributed by atoms with Crippen LogP contribution in [0.1, 0.15) is 27.3 Å². The highest BCUT2D eigenvalue weighted by Crippen LogP contribution is 2.34. The van der Waals surface area contributed by atoms with Crippen LogP contribution in [0.2, 0.25) is 0 Å². The molecule has 1 atom stereocenters. The molecule has 1 aliphatic rings. The molecule has 0 unspecified atom stereocenters. The molecule has 0 amide bonds. The lowest BCUT2D eigenvalue weighted by Gasteiger charge is -2.09. The topological polar surface area (TPSA) is 70.4 Å². The average Bonchev–Trinajstić information content (AvgIpc) is 3.32. The van der Waals surface area contributed by atoms with E-state index in [1.807, 2.05) is 0 Å². The third-order valence-electron chi connectivity index (χ3n) is 4.30.